The van der Waals surface area contributed by atoms with E-state index in [1.807, 2.05) is 12.1 Å². The zero-order valence-electron chi connectivity index (χ0n) is 10.3. The van der Waals surface area contributed by atoms with Gasteiger partial charge in [0.15, 0.2) is 0 Å². The lowest BCUT2D eigenvalue weighted by molar-refractivity contribution is -0.145. The van der Waals surface area contributed by atoms with Crippen molar-refractivity contribution < 1.29 is 9.90 Å². The van der Waals surface area contributed by atoms with E-state index in [1.165, 1.54) is 11.1 Å². The van der Waals surface area contributed by atoms with Gasteiger partial charge in [0.2, 0.25) is 0 Å². The van der Waals surface area contributed by atoms with E-state index >= 15 is 0 Å². The van der Waals surface area contributed by atoms with Gasteiger partial charge in [-0.05, 0) is 48.9 Å². The number of carbonyl (C=O) groups is 1. The number of halogens is 1. The third kappa shape index (κ3) is 1.66. The normalized spacial score (nSPS) is 25.1. The molecule has 96 valence electrons. The van der Waals surface area contributed by atoms with Gasteiger partial charge in [-0.15, -0.1) is 0 Å². The Morgan fingerprint density at radius 1 is 1.33 bits per heavy atom. The first-order valence-electron chi connectivity index (χ1n) is 6.65. The van der Waals surface area contributed by atoms with Gasteiger partial charge in [0.05, 0.1) is 5.92 Å². The number of hydrogen-bond donors (Lipinski definition) is 1. The van der Waals surface area contributed by atoms with E-state index in [1.54, 1.807) is 0 Å². The van der Waals surface area contributed by atoms with Crippen LogP contribution in [-0.2, 0) is 16.6 Å². The van der Waals surface area contributed by atoms with Crippen molar-refractivity contribution in [3.05, 3.63) is 34.3 Å². The minimum Gasteiger partial charge on any atom is -0.481 e. The molecule has 0 aromatic heterocycles. The first-order valence-corrected chi connectivity index (χ1v) is 7.03. The van der Waals surface area contributed by atoms with Crippen LogP contribution in [0.1, 0.15) is 43.2 Å². The van der Waals surface area contributed by atoms with Crippen LogP contribution in [-0.4, -0.2) is 11.1 Å². The van der Waals surface area contributed by atoms with Crippen LogP contribution in [0.15, 0.2) is 18.2 Å². The lowest BCUT2D eigenvalue weighted by Crippen LogP contribution is -2.41. The van der Waals surface area contributed by atoms with Gasteiger partial charge in [-0.2, -0.15) is 0 Å². The van der Waals surface area contributed by atoms with Gasteiger partial charge in [-0.1, -0.05) is 30.5 Å². The summed E-state index contributed by atoms with van der Waals surface area (Å²) >= 11 is 6.05. The zero-order chi connectivity index (χ0) is 12.8. The Balaban J connectivity index is 2.13. The summed E-state index contributed by atoms with van der Waals surface area (Å²) in [6.07, 6.45) is 5.91. The molecular weight excluding hydrogens is 248 g/mol. The van der Waals surface area contributed by atoms with Crippen LogP contribution in [0.3, 0.4) is 0 Å². The van der Waals surface area contributed by atoms with E-state index in [0.717, 1.165) is 43.5 Å². The highest BCUT2D eigenvalue weighted by atomic mass is 35.5. The minimum atomic E-state index is -0.627. The Kier molecular flexibility index (Phi) is 2.86. The molecule has 1 N–H and O–H groups in total. The molecule has 2 aliphatic rings. The fourth-order valence-corrected chi connectivity index (χ4v) is 4.20. The number of hydrogen-bond acceptors (Lipinski definition) is 1. The number of aryl methyl sites for hydroxylation is 1. The van der Waals surface area contributed by atoms with Crippen molar-refractivity contribution in [2.45, 2.75) is 43.9 Å². The summed E-state index contributed by atoms with van der Waals surface area (Å²) < 4.78 is 0. The van der Waals surface area contributed by atoms with Crippen molar-refractivity contribution >= 4 is 17.6 Å². The average Bonchev–Trinajstić information content (AvgIpc) is 2.78. The number of carboxylic acid groups (broad SMARTS) is 1. The third-order valence-corrected chi connectivity index (χ3v) is 5.00. The van der Waals surface area contributed by atoms with E-state index < -0.39 is 5.97 Å². The van der Waals surface area contributed by atoms with Gasteiger partial charge in [0, 0.05) is 10.4 Å². The maximum atomic E-state index is 11.6. The van der Waals surface area contributed by atoms with Crippen LogP contribution in [0.5, 0.6) is 0 Å². The standard InChI is InChI=1S/C15H17ClO2/c16-11-4-6-12-10(9-11)3-5-13(14(17)18)15(12)7-1-2-8-15/h4,6,9,13H,1-3,5,7-8H2,(H,17,18). The lowest BCUT2D eigenvalue weighted by Gasteiger charge is -2.41. The summed E-state index contributed by atoms with van der Waals surface area (Å²) in [5.41, 5.74) is 2.40. The highest BCUT2D eigenvalue weighted by Gasteiger charge is 2.49. The van der Waals surface area contributed by atoms with Gasteiger partial charge >= 0.3 is 5.97 Å². The molecule has 1 aromatic rings. The molecule has 3 heteroatoms. The second-order valence-corrected chi connectivity index (χ2v) is 6.03. The summed E-state index contributed by atoms with van der Waals surface area (Å²) in [6, 6.07) is 6.00. The van der Waals surface area contributed by atoms with Crippen molar-refractivity contribution in [3.8, 4) is 0 Å². The molecule has 1 atom stereocenters. The molecule has 2 nitrogen and oxygen atoms in total. The molecule has 0 saturated heterocycles. The van der Waals surface area contributed by atoms with Crippen molar-refractivity contribution in [1.82, 2.24) is 0 Å². The molecular formula is C15H17ClO2. The molecule has 1 saturated carbocycles. The quantitative estimate of drug-likeness (QED) is 0.838. The summed E-state index contributed by atoms with van der Waals surface area (Å²) in [7, 11) is 0. The predicted molar refractivity (Wildman–Crippen MR) is 71.0 cm³/mol. The van der Waals surface area contributed by atoms with Crippen LogP contribution in [0.25, 0.3) is 0 Å². The van der Waals surface area contributed by atoms with Crippen molar-refractivity contribution in [2.75, 3.05) is 0 Å². The van der Waals surface area contributed by atoms with Crippen molar-refractivity contribution in [1.29, 1.82) is 0 Å². The molecule has 18 heavy (non-hydrogen) atoms. The summed E-state index contributed by atoms with van der Waals surface area (Å²) in [5, 5.41) is 10.3. The van der Waals surface area contributed by atoms with Gasteiger partial charge in [-0.25, -0.2) is 0 Å². The fraction of sp³-hybridized carbons (Fsp3) is 0.533. The summed E-state index contributed by atoms with van der Waals surface area (Å²) in [5.74, 6) is -0.842. The first kappa shape index (κ1) is 12.0. The van der Waals surface area contributed by atoms with E-state index in [0.29, 0.717) is 0 Å². The van der Waals surface area contributed by atoms with Crippen molar-refractivity contribution in [2.24, 2.45) is 5.92 Å². The maximum absolute atomic E-state index is 11.6. The van der Waals surface area contributed by atoms with Gasteiger partial charge in [0.25, 0.3) is 0 Å². The molecule has 0 heterocycles. The van der Waals surface area contributed by atoms with E-state index in [2.05, 4.69) is 6.07 Å². The molecule has 1 unspecified atom stereocenters. The first-order chi connectivity index (χ1) is 8.63. The maximum Gasteiger partial charge on any atom is 0.307 e. The smallest absolute Gasteiger partial charge is 0.307 e. The molecule has 0 amide bonds. The van der Waals surface area contributed by atoms with Crippen LogP contribution in [0, 0.1) is 5.92 Å². The Bertz CT molecular complexity index is 489. The highest BCUT2D eigenvalue weighted by Crippen LogP contribution is 2.52. The number of benzene rings is 1. The molecule has 3 rings (SSSR count). The van der Waals surface area contributed by atoms with E-state index in [9.17, 15) is 9.90 Å². The summed E-state index contributed by atoms with van der Waals surface area (Å²) in [4.78, 5) is 11.6. The Hall–Kier alpha value is -1.02. The molecule has 2 aliphatic carbocycles. The predicted octanol–water partition coefficient (Wildman–Crippen LogP) is 3.80. The SMILES string of the molecule is O=C(O)C1CCc2cc(Cl)ccc2C12CCCC2. The van der Waals surface area contributed by atoms with Crippen molar-refractivity contribution in [3.63, 3.8) is 0 Å². The lowest BCUT2D eigenvalue weighted by atomic mass is 9.62. The third-order valence-electron chi connectivity index (χ3n) is 4.77. The highest BCUT2D eigenvalue weighted by molar-refractivity contribution is 6.30. The Morgan fingerprint density at radius 2 is 2.06 bits per heavy atom. The van der Waals surface area contributed by atoms with Crippen LogP contribution in [0.4, 0.5) is 0 Å². The Morgan fingerprint density at radius 3 is 2.72 bits per heavy atom. The molecule has 0 radical (unpaired) electrons. The molecule has 1 spiro atoms. The van der Waals surface area contributed by atoms with Gasteiger partial charge in [0.1, 0.15) is 0 Å². The average molecular weight is 265 g/mol. The number of fused-ring (bicyclic) bond motifs is 2. The van der Waals surface area contributed by atoms with Gasteiger partial charge < -0.3 is 5.11 Å². The largest absolute Gasteiger partial charge is 0.481 e. The Labute approximate surface area is 112 Å². The molecule has 1 fully saturated rings. The zero-order valence-corrected chi connectivity index (χ0v) is 11.0. The monoisotopic (exact) mass is 264 g/mol. The number of rotatable bonds is 1. The van der Waals surface area contributed by atoms with Gasteiger partial charge in [-0.3, -0.25) is 4.79 Å². The van der Waals surface area contributed by atoms with E-state index in [4.69, 9.17) is 11.6 Å². The summed E-state index contributed by atoms with van der Waals surface area (Å²) in [6.45, 7) is 0. The van der Waals surface area contributed by atoms with Crippen LogP contribution < -0.4 is 0 Å². The topological polar surface area (TPSA) is 37.3 Å². The van der Waals surface area contributed by atoms with Crippen LogP contribution in [0.2, 0.25) is 5.02 Å². The van der Waals surface area contributed by atoms with E-state index in [-0.39, 0.29) is 11.3 Å². The second-order valence-electron chi connectivity index (χ2n) is 5.59. The minimum absolute atomic E-state index is 0.121. The number of carboxylic acids is 1. The number of aliphatic carboxylic acids is 1. The van der Waals surface area contributed by atoms with Crippen LogP contribution >= 0.6 is 11.6 Å². The molecule has 0 aliphatic heterocycles. The molecule has 1 aromatic carbocycles. The fourth-order valence-electron chi connectivity index (χ4n) is 4.00. The molecule has 0 bridgehead atoms. The second kappa shape index (κ2) is 4.27.